The summed E-state index contributed by atoms with van der Waals surface area (Å²) in [7, 11) is -3.50. The molecule has 7 heteroatoms. The highest BCUT2D eigenvalue weighted by Crippen LogP contribution is 2.30. The number of fused-ring (bicyclic) bond motifs is 3. The van der Waals surface area contributed by atoms with Crippen molar-refractivity contribution in [1.82, 2.24) is 0 Å². The second-order valence-electron chi connectivity index (χ2n) is 9.00. The number of furan rings is 1. The van der Waals surface area contributed by atoms with E-state index in [1.165, 1.54) is 10.6 Å². The van der Waals surface area contributed by atoms with Crippen LogP contribution in [0, 0.1) is 13.8 Å². The number of nitrogens with zero attached hydrogens (tertiary/aromatic N) is 1. The van der Waals surface area contributed by atoms with Gasteiger partial charge in [0.15, 0.2) is 0 Å². The summed E-state index contributed by atoms with van der Waals surface area (Å²) in [6, 6.07) is 26.0. The lowest BCUT2D eigenvalue weighted by atomic mass is 10.1. The number of aryl methyl sites for hydroxylation is 2. The van der Waals surface area contributed by atoms with E-state index in [-0.39, 0.29) is 12.5 Å². The van der Waals surface area contributed by atoms with Gasteiger partial charge >= 0.3 is 0 Å². The molecule has 6 nitrogen and oxygen atoms in total. The predicted octanol–water partition coefficient (Wildman–Crippen LogP) is 6.42. The lowest BCUT2D eigenvalue weighted by molar-refractivity contribution is 0.102. The number of para-hydroxylation sites is 1. The summed E-state index contributed by atoms with van der Waals surface area (Å²) in [6.45, 7) is 4.12. The standard InChI is InChI=1S/C29H26N2O4S/c1-19-8-14-24(16-20(19)2)31(36(3,33)34)18-21-9-11-22(12-10-21)29(32)30-23-13-15-26-25-6-4-5-7-27(25)35-28(26)17-23/h4-17H,18H2,1-3H3,(H,30,32). The summed E-state index contributed by atoms with van der Waals surface area (Å²) in [4.78, 5) is 12.9. The van der Waals surface area contributed by atoms with Crippen LogP contribution in [0.1, 0.15) is 27.0 Å². The molecule has 1 N–H and O–H groups in total. The molecular formula is C29H26N2O4S. The minimum absolute atomic E-state index is 0.173. The zero-order chi connectivity index (χ0) is 25.4. The maximum atomic E-state index is 12.9. The number of carbonyl (C=O) groups excluding carboxylic acids is 1. The number of nitrogens with one attached hydrogen (secondary N) is 1. The molecule has 182 valence electrons. The lowest BCUT2D eigenvalue weighted by Gasteiger charge is -2.23. The summed E-state index contributed by atoms with van der Waals surface area (Å²) in [6.07, 6.45) is 1.20. The quantitative estimate of drug-likeness (QED) is 0.293. The second-order valence-corrected chi connectivity index (χ2v) is 10.9. The van der Waals surface area contributed by atoms with Crippen molar-refractivity contribution in [3.63, 3.8) is 0 Å². The predicted molar refractivity (Wildman–Crippen MR) is 145 cm³/mol. The normalized spacial score (nSPS) is 11.6. The molecule has 0 bridgehead atoms. The van der Waals surface area contributed by atoms with Gasteiger partial charge in [-0.25, -0.2) is 8.42 Å². The molecule has 4 aromatic carbocycles. The Bertz CT molecular complexity index is 1700. The van der Waals surface area contributed by atoms with Gasteiger partial charge in [0.05, 0.1) is 18.5 Å². The van der Waals surface area contributed by atoms with Crippen molar-refractivity contribution < 1.29 is 17.6 Å². The third kappa shape index (κ3) is 4.70. The maximum absolute atomic E-state index is 12.9. The third-order valence-electron chi connectivity index (χ3n) is 6.36. The smallest absolute Gasteiger partial charge is 0.255 e. The van der Waals surface area contributed by atoms with Gasteiger partial charge < -0.3 is 9.73 Å². The van der Waals surface area contributed by atoms with Crippen molar-refractivity contribution >= 4 is 49.2 Å². The fourth-order valence-electron chi connectivity index (χ4n) is 4.22. The van der Waals surface area contributed by atoms with Gasteiger partial charge in [-0.1, -0.05) is 36.4 Å². The molecule has 0 radical (unpaired) electrons. The van der Waals surface area contributed by atoms with E-state index in [4.69, 9.17) is 4.42 Å². The zero-order valence-electron chi connectivity index (χ0n) is 20.3. The average Bonchev–Trinajstić information content (AvgIpc) is 3.22. The highest BCUT2D eigenvalue weighted by molar-refractivity contribution is 7.92. The zero-order valence-corrected chi connectivity index (χ0v) is 21.1. The largest absolute Gasteiger partial charge is 0.456 e. The van der Waals surface area contributed by atoms with Crippen molar-refractivity contribution in [2.24, 2.45) is 0 Å². The Labute approximate surface area is 210 Å². The highest BCUT2D eigenvalue weighted by Gasteiger charge is 2.19. The number of hydrogen-bond donors (Lipinski definition) is 1. The van der Waals surface area contributed by atoms with Gasteiger partial charge in [-0.15, -0.1) is 0 Å². The number of carbonyl (C=O) groups is 1. The van der Waals surface area contributed by atoms with Crippen LogP contribution < -0.4 is 9.62 Å². The van der Waals surface area contributed by atoms with Crippen LogP contribution in [0.5, 0.6) is 0 Å². The van der Waals surface area contributed by atoms with Gasteiger partial charge in [0.2, 0.25) is 10.0 Å². The number of benzene rings is 4. The Hall–Kier alpha value is -4.10. The topological polar surface area (TPSA) is 79.6 Å². The Morgan fingerprint density at radius 3 is 2.28 bits per heavy atom. The van der Waals surface area contributed by atoms with Crippen LogP contribution in [0.2, 0.25) is 0 Å². The van der Waals surface area contributed by atoms with E-state index in [9.17, 15) is 13.2 Å². The molecule has 0 aliphatic rings. The first-order valence-electron chi connectivity index (χ1n) is 11.6. The van der Waals surface area contributed by atoms with E-state index in [0.29, 0.717) is 22.5 Å². The molecule has 0 fully saturated rings. The third-order valence-corrected chi connectivity index (χ3v) is 7.50. The van der Waals surface area contributed by atoms with E-state index in [0.717, 1.165) is 33.0 Å². The molecule has 0 aliphatic carbocycles. The molecule has 36 heavy (non-hydrogen) atoms. The SMILES string of the molecule is Cc1ccc(N(Cc2ccc(C(=O)Nc3ccc4c(c3)oc3ccccc34)cc2)S(C)(=O)=O)cc1C. The van der Waals surface area contributed by atoms with E-state index >= 15 is 0 Å². The first kappa shape index (κ1) is 23.6. The molecule has 1 heterocycles. The molecule has 5 aromatic rings. The van der Waals surface area contributed by atoms with Crippen molar-refractivity contribution in [3.8, 4) is 0 Å². The first-order chi connectivity index (χ1) is 17.2. The fourth-order valence-corrected chi connectivity index (χ4v) is 5.10. The minimum Gasteiger partial charge on any atom is -0.456 e. The van der Waals surface area contributed by atoms with Crippen LogP contribution in [-0.4, -0.2) is 20.6 Å². The molecule has 0 aliphatic heterocycles. The number of rotatable bonds is 6. The maximum Gasteiger partial charge on any atom is 0.255 e. The summed E-state index contributed by atoms with van der Waals surface area (Å²) in [5.41, 5.74) is 6.12. The molecule has 5 rings (SSSR count). The first-order valence-corrected chi connectivity index (χ1v) is 13.4. The fraction of sp³-hybridized carbons (Fsp3) is 0.138. The van der Waals surface area contributed by atoms with E-state index in [1.807, 2.05) is 74.5 Å². The Kier molecular flexibility index (Phi) is 6.02. The summed E-state index contributed by atoms with van der Waals surface area (Å²) in [5.74, 6) is -0.258. The molecule has 0 saturated carbocycles. The summed E-state index contributed by atoms with van der Waals surface area (Å²) in [5, 5.41) is 4.94. The van der Waals surface area contributed by atoms with Gasteiger partial charge in [0, 0.05) is 28.1 Å². The number of hydrogen-bond acceptors (Lipinski definition) is 4. The average molecular weight is 499 g/mol. The van der Waals surface area contributed by atoms with Crippen molar-refractivity contribution in [3.05, 3.63) is 107 Å². The summed E-state index contributed by atoms with van der Waals surface area (Å²) >= 11 is 0. The Balaban J connectivity index is 1.33. The van der Waals surface area contributed by atoms with E-state index < -0.39 is 10.0 Å². The van der Waals surface area contributed by atoms with Crippen LogP contribution >= 0.6 is 0 Å². The number of sulfonamides is 1. The van der Waals surface area contributed by atoms with Crippen molar-refractivity contribution in [2.75, 3.05) is 15.9 Å². The van der Waals surface area contributed by atoms with Crippen LogP contribution in [-0.2, 0) is 16.6 Å². The van der Waals surface area contributed by atoms with Crippen LogP contribution in [0.4, 0.5) is 11.4 Å². The molecule has 0 atom stereocenters. The molecule has 0 spiro atoms. The number of amides is 1. The van der Waals surface area contributed by atoms with Gasteiger partial charge in [0.1, 0.15) is 11.2 Å². The van der Waals surface area contributed by atoms with Crippen LogP contribution in [0.3, 0.4) is 0 Å². The van der Waals surface area contributed by atoms with Gasteiger partial charge in [-0.3, -0.25) is 9.10 Å². The number of anilines is 2. The van der Waals surface area contributed by atoms with Crippen LogP contribution in [0.15, 0.2) is 89.3 Å². The highest BCUT2D eigenvalue weighted by atomic mass is 32.2. The minimum atomic E-state index is -3.50. The van der Waals surface area contributed by atoms with E-state index in [1.54, 1.807) is 24.3 Å². The van der Waals surface area contributed by atoms with E-state index in [2.05, 4.69) is 5.32 Å². The Morgan fingerprint density at radius 1 is 0.833 bits per heavy atom. The lowest BCUT2D eigenvalue weighted by Crippen LogP contribution is -2.29. The summed E-state index contributed by atoms with van der Waals surface area (Å²) < 4.78 is 32.3. The molecule has 1 amide bonds. The monoisotopic (exact) mass is 498 g/mol. The van der Waals surface area contributed by atoms with Crippen molar-refractivity contribution in [2.45, 2.75) is 20.4 Å². The molecule has 0 saturated heterocycles. The van der Waals surface area contributed by atoms with Gasteiger partial charge in [-0.2, -0.15) is 0 Å². The van der Waals surface area contributed by atoms with Crippen molar-refractivity contribution in [1.29, 1.82) is 0 Å². The van der Waals surface area contributed by atoms with Gasteiger partial charge in [-0.05, 0) is 73.0 Å². The van der Waals surface area contributed by atoms with Gasteiger partial charge in [0.25, 0.3) is 5.91 Å². The molecule has 0 unspecified atom stereocenters. The Morgan fingerprint density at radius 2 is 1.56 bits per heavy atom. The molecular weight excluding hydrogens is 472 g/mol. The van der Waals surface area contributed by atoms with Crippen LogP contribution in [0.25, 0.3) is 21.9 Å². The second kappa shape index (κ2) is 9.17. The molecule has 1 aromatic heterocycles.